The number of carbonyl (C=O) groups excluding carboxylic acids is 3. The lowest BCUT2D eigenvalue weighted by atomic mass is 10.1. The van der Waals surface area contributed by atoms with Crippen molar-refractivity contribution in [3.63, 3.8) is 0 Å². The zero-order valence-electron chi connectivity index (χ0n) is 13.0. The number of esters is 3. The van der Waals surface area contributed by atoms with E-state index in [0.29, 0.717) is 0 Å². The Hall–Kier alpha value is -2.06. The lowest BCUT2D eigenvalue weighted by Gasteiger charge is -2.21. The van der Waals surface area contributed by atoms with Crippen LogP contribution in [0, 0.1) is 0 Å². The van der Waals surface area contributed by atoms with Crippen molar-refractivity contribution in [3.8, 4) is 0 Å². The number of hydrogen-bond acceptors (Lipinski definition) is 8. The number of ether oxygens (including phenoxy) is 4. The molecule has 0 spiro atoms. The van der Waals surface area contributed by atoms with Crippen LogP contribution in [-0.2, 0) is 33.3 Å². The number of fused-ring (bicyclic) bond motifs is 1. The summed E-state index contributed by atoms with van der Waals surface area (Å²) in [7, 11) is 0. The molecule has 3 rings (SSSR count). The normalized spacial score (nSPS) is 31.2. The Morgan fingerprint density at radius 2 is 1.71 bits per heavy atom. The number of rotatable bonds is 4. The van der Waals surface area contributed by atoms with Crippen molar-refractivity contribution in [2.75, 3.05) is 0 Å². The average Bonchev–Trinajstić information content (AvgIpc) is 2.98. The summed E-state index contributed by atoms with van der Waals surface area (Å²) in [5.41, 5.74) is -0.572. The standard InChI is InChI=1S/C16H16O7S/c1-8(17)20-13-11-12(22-15(13)19)14(21-9(2)18)16(23-11)24-10-6-4-3-5-7-10/h3-7,11-14,16H,1-2H3. The van der Waals surface area contributed by atoms with Crippen molar-refractivity contribution in [2.24, 2.45) is 0 Å². The highest BCUT2D eigenvalue weighted by molar-refractivity contribution is 7.99. The summed E-state index contributed by atoms with van der Waals surface area (Å²) in [6.07, 6.45) is -3.52. The monoisotopic (exact) mass is 352 g/mol. The molecule has 1 aromatic carbocycles. The molecule has 24 heavy (non-hydrogen) atoms. The fourth-order valence-electron chi connectivity index (χ4n) is 2.70. The topological polar surface area (TPSA) is 88.1 Å². The van der Waals surface area contributed by atoms with Crippen molar-refractivity contribution < 1.29 is 33.3 Å². The zero-order chi connectivity index (χ0) is 17.3. The molecule has 0 aromatic heterocycles. The zero-order valence-corrected chi connectivity index (χ0v) is 13.9. The summed E-state index contributed by atoms with van der Waals surface area (Å²) in [6.45, 7) is 2.48. The smallest absolute Gasteiger partial charge is 0.350 e. The molecule has 5 unspecified atom stereocenters. The van der Waals surface area contributed by atoms with Crippen LogP contribution in [0.25, 0.3) is 0 Å². The molecule has 0 N–H and O–H groups in total. The second kappa shape index (κ2) is 6.82. The first-order chi connectivity index (χ1) is 11.5. The van der Waals surface area contributed by atoms with Crippen LogP contribution in [0.5, 0.6) is 0 Å². The third-order valence-corrected chi connectivity index (χ3v) is 4.74. The summed E-state index contributed by atoms with van der Waals surface area (Å²) in [4.78, 5) is 35.4. The van der Waals surface area contributed by atoms with Crippen LogP contribution in [0.3, 0.4) is 0 Å². The van der Waals surface area contributed by atoms with E-state index in [1.54, 1.807) is 0 Å². The van der Waals surface area contributed by atoms with Crippen LogP contribution in [0.4, 0.5) is 0 Å². The third kappa shape index (κ3) is 3.39. The SMILES string of the molecule is CC(=O)OC1C(=O)OC2C(OC(C)=O)C(Sc3ccccc3)OC12. The molecule has 2 aliphatic heterocycles. The van der Waals surface area contributed by atoms with Gasteiger partial charge in [0.2, 0.25) is 6.10 Å². The minimum absolute atomic E-state index is 0.505. The van der Waals surface area contributed by atoms with Crippen molar-refractivity contribution in [2.45, 2.75) is 48.6 Å². The molecule has 0 bridgehead atoms. The van der Waals surface area contributed by atoms with E-state index in [-0.39, 0.29) is 0 Å². The Kier molecular flexibility index (Phi) is 4.77. The Morgan fingerprint density at radius 3 is 2.33 bits per heavy atom. The summed E-state index contributed by atoms with van der Waals surface area (Å²) >= 11 is 1.35. The fraction of sp³-hybridized carbons (Fsp3) is 0.438. The molecule has 5 atom stereocenters. The van der Waals surface area contributed by atoms with Gasteiger partial charge in [-0.05, 0) is 12.1 Å². The molecule has 2 saturated heterocycles. The van der Waals surface area contributed by atoms with Crippen molar-refractivity contribution in [1.29, 1.82) is 0 Å². The second-order valence-corrected chi connectivity index (χ2v) is 6.58. The Morgan fingerprint density at radius 1 is 1.04 bits per heavy atom. The minimum atomic E-state index is -1.15. The molecular formula is C16H16O7S. The van der Waals surface area contributed by atoms with Gasteiger partial charge >= 0.3 is 17.9 Å². The van der Waals surface area contributed by atoms with E-state index in [9.17, 15) is 14.4 Å². The van der Waals surface area contributed by atoms with Gasteiger partial charge in [-0.1, -0.05) is 30.0 Å². The molecule has 8 heteroatoms. The molecule has 128 valence electrons. The van der Waals surface area contributed by atoms with Crippen LogP contribution >= 0.6 is 11.8 Å². The average molecular weight is 352 g/mol. The molecule has 7 nitrogen and oxygen atoms in total. The highest BCUT2D eigenvalue weighted by atomic mass is 32.2. The molecule has 1 aromatic rings. The first-order valence-corrected chi connectivity index (χ1v) is 8.26. The highest BCUT2D eigenvalue weighted by Crippen LogP contribution is 2.41. The Balaban J connectivity index is 1.81. The molecule has 2 aliphatic rings. The van der Waals surface area contributed by atoms with E-state index in [0.717, 1.165) is 4.90 Å². The molecule has 0 radical (unpaired) electrons. The molecule has 0 aliphatic carbocycles. The van der Waals surface area contributed by atoms with Gasteiger partial charge in [0.05, 0.1) is 0 Å². The third-order valence-electron chi connectivity index (χ3n) is 3.58. The van der Waals surface area contributed by atoms with Crippen LogP contribution in [0.1, 0.15) is 13.8 Å². The van der Waals surface area contributed by atoms with Gasteiger partial charge in [-0.2, -0.15) is 0 Å². The molecule has 2 fully saturated rings. The summed E-state index contributed by atoms with van der Waals surface area (Å²) < 4.78 is 21.4. The van der Waals surface area contributed by atoms with Gasteiger partial charge in [0.15, 0.2) is 12.2 Å². The van der Waals surface area contributed by atoms with E-state index >= 15 is 0 Å². The van der Waals surface area contributed by atoms with E-state index < -0.39 is 47.8 Å². The molecule has 2 heterocycles. The largest absolute Gasteiger partial charge is 0.455 e. The minimum Gasteiger partial charge on any atom is -0.455 e. The highest BCUT2D eigenvalue weighted by Gasteiger charge is 2.60. The Labute approximate surface area is 142 Å². The maximum absolute atomic E-state index is 11.9. The first-order valence-electron chi connectivity index (χ1n) is 7.38. The first kappa shape index (κ1) is 16.8. The molecule has 0 saturated carbocycles. The lowest BCUT2D eigenvalue weighted by Crippen LogP contribution is -2.36. The summed E-state index contributed by atoms with van der Waals surface area (Å²) in [6, 6.07) is 9.42. The Bertz CT molecular complexity index is 647. The number of benzene rings is 1. The van der Waals surface area contributed by atoms with Crippen LogP contribution in [0.15, 0.2) is 35.2 Å². The van der Waals surface area contributed by atoms with Gasteiger partial charge in [-0.15, -0.1) is 0 Å². The van der Waals surface area contributed by atoms with E-state index in [1.165, 1.54) is 25.6 Å². The predicted molar refractivity (Wildman–Crippen MR) is 81.9 cm³/mol. The van der Waals surface area contributed by atoms with Crippen molar-refractivity contribution >= 4 is 29.7 Å². The van der Waals surface area contributed by atoms with Crippen molar-refractivity contribution in [1.82, 2.24) is 0 Å². The number of hydrogen-bond donors (Lipinski definition) is 0. The van der Waals surface area contributed by atoms with Gasteiger partial charge in [0.1, 0.15) is 11.5 Å². The van der Waals surface area contributed by atoms with E-state index in [4.69, 9.17) is 18.9 Å². The number of thioether (sulfide) groups is 1. The van der Waals surface area contributed by atoms with Gasteiger partial charge in [0.25, 0.3) is 0 Å². The van der Waals surface area contributed by atoms with Crippen LogP contribution in [-0.4, -0.2) is 47.8 Å². The predicted octanol–water partition coefficient (Wildman–Crippen LogP) is 1.29. The maximum atomic E-state index is 11.9. The molecular weight excluding hydrogens is 336 g/mol. The summed E-state index contributed by atoms with van der Waals surface area (Å²) in [5, 5.41) is 0. The second-order valence-electron chi connectivity index (χ2n) is 5.41. The van der Waals surface area contributed by atoms with Crippen molar-refractivity contribution in [3.05, 3.63) is 30.3 Å². The van der Waals surface area contributed by atoms with E-state index in [2.05, 4.69) is 0 Å². The molecule has 0 amide bonds. The van der Waals surface area contributed by atoms with Gasteiger partial charge in [-0.25, -0.2) is 4.79 Å². The van der Waals surface area contributed by atoms with Gasteiger partial charge in [-0.3, -0.25) is 9.59 Å². The summed E-state index contributed by atoms with van der Waals surface area (Å²) in [5.74, 6) is -1.81. The van der Waals surface area contributed by atoms with E-state index in [1.807, 2.05) is 30.3 Å². The fourth-order valence-corrected chi connectivity index (χ4v) is 3.81. The van der Waals surface area contributed by atoms with Crippen LogP contribution < -0.4 is 0 Å². The van der Waals surface area contributed by atoms with Gasteiger partial charge < -0.3 is 18.9 Å². The quantitative estimate of drug-likeness (QED) is 0.592. The lowest BCUT2D eigenvalue weighted by molar-refractivity contribution is -0.167. The van der Waals surface area contributed by atoms with Gasteiger partial charge in [0, 0.05) is 18.7 Å². The number of carbonyl (C=O) groups is 3. The maximum Gasteiger partial charge on any atom is 0.350 e. The van der Waals surface area contributed by atoms with Crippen LogP contribution in [0.2, 0.25) is 0 Å².